The van der Waals surface area contributed by atoms with E-state index in [1.54, 1.807) is 18.2 Å². The Bertz CT molecular complexity index is 787. The van der Waals surface area contributed by atoms with Crippen LogP contribution in [-0.2, 0) is 0 Å². The average Bonchev–Trinajstić information content (AvgIpc) is 2.46. The van der Waals surface area contributed by atoms with Gasteiger partial charge in [-0.05, 0) is 24.6 Å². The van der Waals surface area contributed by atoms with Gasteiger partial charge in [0, 0.05) is 17.8 Å². The summed E-state index contributed by atoms with van der Waals surface area (Å²) in [6, 6.07) is 8.67. The maximum Gasteiger partial charge on any atom is 0.295 e. The van der Waals surface area contributed by atoms with Gasteiger partial charge in [0.05, 0.1) is 15.4 Å². The normalized spacial score (nSPS) is 10.2. The summed E-state index contributed by atoms with van der Waals surface area (Å²) in [5.41, 5.74) is -0.258. The van der Waals surface area contributed by atoms with E-state index in [0.717, 1.165) is 17.7 Å². The summed E-state index contributed by atoms with van der Waals surface area (Å²) < 4.78 is 0. The largest absolute Gasteiger partial charge is 0.322 e. The Hall–Kier alpha value is -3.00. The van der Waals surface area contributed by atoms with E-state index in [1.807, 2.05) is 13.0 Å². The highest BCUT2D eigenvalue weighted by Crippen LogP contribution is 2.35. The Morgan fingerprint density at radius 1 is 1.09 bits per heavy atom. The number of nitrogens with one attached hydrogen (secondary N) is 1. The molecule has 0 saturated carbocycles. The molecule has 0 heterocycles. The summed E-state index contributed by atoms with van der Waals surface area (Å²) in [7, 11) is 0. The number of amides is 1. The molecule has 1 amide bonds. The molecule has 118 valence electrons. The Morgan fingerprint density at radius 2 is 1.65 bits per heavy atom. The highest BCUT2D eigenvalue weighted by atomic mass is 35.5. The summed E-state index contributed by atoms with van der Waals surface area (Å²) in [5.74, 6) is -0.710. The number of hydrogen-bond donors (Lipinski definition) is 1. The summed E-state index contributed by atoms with van der Waals surface area (Å²) in [5, 5.41) is 23.8. The summed E-state index contributed by atoms with van der Waals surface area (Å²) in [4.78, 5) is 32.3. The highest BCUT2D eigenvalue weighted by molar-refractivity contribution is 6.35. The third-order valence-corrected chi connectivity index (χ3v) is 3.35. The summed E-state index contributed by atoms with van der Waals surface area (Å²) in [6.45, 7) is 1.83. The second-order valence-corrected chi connectivity index (χ2v) is 5.04. The fraction of sp³-hybridized carbons (Fsp3) is 0.0714. The van der Waals surface area contributed by atoms with Gasteiger partial charge in [-0.25, -0.2) is 0 Å². The molecular weight excluding hydrogens is 326 g/mol. The van der Waals surface area contributed by atoms with E-state index < -0.39 is 32.2 Å². The summed E-state index contributed by atoms with van der Waals surface area (Å²) in [6.07, 6.45) is 0. The number of anilines is 1. The van der Waals surface area contributed by atoms with E-state index in [0.29, 0.717) is 5.69 Å². The number of hydrogen-bond acceptors (Lipinski definition) is 5. The maximum atomic E-state index is 12.2. The van der Waals surface area contributed by atoms with Crippen LogP contribution in [0.1, 0.15) is 15.9 Å². The average molecular weight is 336 g/mol. The van der Waals surface area contributed by atoms with Crippen LogP contribution >= 0.6 is 11.6 Å². The van der Waals surface area contributed by atoms with Crippen molar-refractivity contribution < 1.29 is 14.6 Å². The van der Waals surface area contributed by atoms with E-state index in [9.17, 15) is 25.0 Å². The first-order valence-electron chi connectivity index (χ1n) is 6.30. The van der Waals surface area contributed by atoms with Crippen molar-refractivity contribution in [3.05, 3.63) is 72.8 Å². The number of halogens is 1. The molecule has 2 aromatic rings. The molecule has 0 radical (unpaired) electrons. The molecule has 0 spiro atoms. The lowest BCUT2D eigenvalue weighted by atomic mass is 10.1. The minimum atomic E-state index is -0.876. The topological polar surface area (TPSA) is 115 Å². The maximum absolute atomic E-state index is 12.2. The SMILES string of the molecule is Cc1cccc(NC(=O)c2cc([N+](=O)[O-])c(Cl)c([N+](=O)[O-])c2)c1. The Balaban J connectivity index is 2.44. The van der Waals surface area contributed by atoms with Gasteiger partial charge in [0.15, 0.2) is 5.02 Å². The molecule has 8 nitrogen and oxygen atoms in total. The van der Waals surface area contributed by atoms with E-state index >= 15 is 0 Å². The number of rotatable bonds is 4. The molecule has 0 fully saturated rings. The predicted octanol–water partition coefficient (Wildman–Crippen LogP) is 3.72. The van der Waals surface area contributed by atoms with Crippen LogP contribution < -0.4 is 5.32 Å². The van der Waals surface area contributed by atoms with Crippen LogP contribution in [-0.4, -0.2) is 15.8 Å². The second-order valence-electron chi connectivity index (χ2n) is 4.67. The molecule has 0 aliphatic rings. The van der Waals surface area contributed by atoms with Crippen molar-refractivity contribution in [1.29, 1.82) is 0 Å². The Morgan fingerprint density at radius 3 is 2.13 bits per heavy atom. The zero-order valence-corrected chi connectivity index (χ0v) is 12.5. The number of nitrogens with zero attached hydrogens (tertiary/aromatic N) is 2. The first-order chi connectivity index (χ1) is 10.8. The molecule has 0 bridgehead atoms. The van der Waals surface area contributed by atoms with E-state index in [-0.39, 0.29) is 5.56 Å². The minimum absolute atomic E-state index is 0.227. The minimum Gasteiger partial charge on any atom is -0.322 e. The van der Waals surface area contributed by atoms with Gasteiger partial charge in [0.2, 0.25) is 0 Å². The van der Waals surface area contributed by atoms with E-state index in [4.69, 9.17) is 11.6 Å². The fourth-order valence-corrected chi connectivity index (χ4v) is 2.16. The van der Waals surface area contributed by atoms with Crippen LogP contribution in [0.2, 0.25) is 5.02 Å². The molecule has 0 aromatic heterocycles. The molecule has 0 aliphatic carbocycles. The van der Waals surface area contributed by atoms with Crippen molar-refractivity contribution >= 4 is 34.6 Å². The highest BCUT2D eigenvalue weighted by Gasteiger charge is 2.27. The first kappa shape index (κ1) is 16.4. The first-order valence-corrected chi connectivity index (χ1v) is 6.67. The molecule has 0 unspecified atom stereocenters. The molecule has 2 aromatic carbocycles. The van der Waals surface area contributed by atoms with Crippen molar-refractivity contribution in [3.63, 3.8) is 0 Å². The second kappa shape index (κ2) is 6.41. The van der Waals surface area contributed by atoms with Gasteiger partial charge in [-0.2, -0.15) is 0 Å². The number of nitro groups is 2. The van der Waals surface area contributed by atoms with Gasteiger partial charge in [0.1, 0.15) is 0 Å². The Labute approximate surface area is 135 Å². The molecule has 1 N–H and O–H groups in total. The van der Waals surface area contributed by atoms with Crippen LogP contribution in [0, 0.1) is 27.2 Å². The van der Waals surface area contributed by atoms with Crippen LogP contribution in [0.3, 0.4) is 0 Å². The quantitative estimate of drug-likeness (QED) is 0.675. The van der Waals surface area contributed by atoms with E-state index in [2.05, 4.69) is 5.32 Å². The molecule has 23 heavy (non-hydrogen) atoms. The number of aryl methyl sites for hydroxylation is 1. The lowest BCUT2D eigenvalue weighted by Gasteiger charge is -2.07. The van der Waals surface area contributed by atoms with Crippen molar-refractivity contribution in [2.24, 2.45) is 0 Å². The van der Waals surface area contributed by atoms with Gasteiger partial charge in [-0.15, -0.1) is 0 Å². The standard InChI is InChI=1S/C14H10ClN3O5/c1-8-3-2-4-10(5-8)16-14(19)9-6-11(17(20)21)13(15)12(7-9)18(22)23/h2-7H,1H3,(H,16,19). The molecule has 0 aliphatic heterocycles. The molecule has 9 heteroatoms. The third kappa shape index (κ3) is 3.61. The fourth-order valence-electron chi connectivity index (χ4n) is 1.92. The van der Waals surface area contributed by atoms with Crippen molar-refractivity contribution in [2.75, 3.05) is 5.32 Å². The van der Waals surface area contributed by atoms with Gasteiger partial charge < -0.3 is 5.32 Å². The van der Waals surface area contributed by atoms with Crippen LogP contribution in [0.5, 0.6) is 0 Å². The van der Waals surface area contributed by atoms with Crippen molar-refractivity contribution in [1.82, 2.24) is 0 Å². The number of nitro benzene ring substituents is 2. The van der Waals surface area contributed by atoms with Gasteiger partial charge in [-0.3, -0.25) is 25.0 Å². The predicted molar refractivity (Wildman–Crippen MR) is 83.9 cm³/mol. The lowest BCUT2D eigenvalue weighted by molar-refractivity contribution is -0.393. The summed E-state index contributed by atoms with van der Waals surface area (Å²) >= 11 is 5.64. The monoisotopic (exact) mass is 335 g/mol. The zero-order valence-electron chi connectivity index (χ0n) is 11.8. The van der Waals surface area contributed by atoms with E-state index in [1.165, 1.54) is 0 Å². The van der Waals surface area contributed by atoms with Gasteiger partial charge in [-0.1, -0.05) is 23.7 Å². The number of carbonyl (C=O) groups excluding carboxylic acids is 1. The van der Waals surface area contributed by atoms with Crippen LogP contribution in [0.25, 0.3) is 0 Å². The van der Waals surface area contributed by atoms with Crippen molar-refractivity contribution in [2.45, 2.75) is 6.92 Å². The van der Waals surface area contributed by atoms with Crippen molar-refractivity contribution in [3.8, 4) is 0 Å². The Kier molecular flexibility index (Phi) is 4.56. The smallest absolute Gasteiger partial charge is 0.295 e. The van der Waals surface area contributed by atoms with Crippen LogP contribution in [0.15, 0.2) is 36.4 Å². The lowest BCUT2D eigenvalue weighted by Crippen LogP contribution is -2.13. The molecule has 2 rings (SSSR count). The number of benzene rings is 2. The van der Waals surface area contributed by atoms with Crippen LogP contribution in [0.4, 0.5) is 17.1 Å². The number of carbonyl (C=O) groups is 1. The van der Waals surface area contributed by atoms with Gasteiger partial charge >= 0.3 is 0 Å². The molecule has 0 atom stereocenters. The van der Waals surface area contributed by atoms with Gasteiger partial charge in [0.25, 0.3) is 17.3 Å². The molecule has 0 saturated heterocycles. The zero-order chi connectivity index (χ0) is 17.1. The third-order valence-electron chi connectivity index (χ3n) is 2.97. The molecular formula is C14H10ClN3O5.